The van der Waals surface area contributed by atoms with Crippen LogP contribution in [0.5, 0.6) is 0 Å². The number of halogens is 1. The van der Waals surface area contributed by atoms with Crippen LogP contribution >= 0.6 is 11.6 Å². The molecular formula is C12H17ClN2O. The molecule has 88 valence electrons. The average Bonchev–Trinajstić information content (AvgIpc) is 2.27. The van der Waals surface area contributed by atoms with E-state index < -0.39 is 0 Å². The molecule has 0 aliphatic heterocycles. The van der Waals surface area contributed by atoms with Crippen molar-refractivity contribution < 1.29 is 4.79 Å². The minimum Gasteiger partial charge on any atom is -0.354 e. The lowest BCUT2D eigenvalue weighted by molar-refractivity contribution is 0.0958. The fourth-order valence-corrected chi connectivity index (χ4v) is 1.78. The number of nitrogens with one attached hydrogen (secondary N) is 1. The van der Waals surface area contributed by atoms with Crippen molar-refractivity contribution in [1.82, 2.24) is 10.3 Å². The van der Waals surface area contributed by atoms with Gasteiger partial charge in [-0.3, -0.25) is 9.78 Å². The number of hydrogen-bond acceptors (Lipinski definition) is 2. The summed E-state index contributed by atoms with van der Waals surface area (Å²) in [6, 6.07) is 1.62. The summed E-state index contributed by atoms with van der Waals surface area (Å²) < 4.78 is 0. The highest BCUT2D eigenvalue weighted by atomic mass is 35.5. The van der Waals surface area contributed by atoms with Crippen molar-refractivity contribution in [3.63, 3.8) is 0 Å². The zero-order valence-electron chi connectivity index (χ0n) is 10.1. The summed E-state index contributed by atoms with van der Waals surface area (Å²) in [5.74, 6) is -0.220. The van der Waals surface area contributed by atoms with Gasteiger partial charge in [-0.15, -0.1) is 0 Å². The van der Waals surface area contributed by atoms with Crippen molar-refractivity contribution in [3.8, 4) is 0 Å². The van der Waals surface area contributed by atoms with Crippen LogP contribution in [0.25, 0.3) is 0 Å². The van der Waals surface area contributed by atoms with E-state index in [0.717, 1.165) is 12.0 Å². The molecule has 0 bridgehead atoms. The molecule has 4 heteroatoms. The molecule has 1 heterocycles. The second kappa shape index (κ2) is 4.83. The molecule has 0 saturated heterocycles. The second-order valence-electron chi connectivity index (χ2n) is 4.37. The van der Waals surface area contributed by atoms with Crippen molar-refractivity contribution in [2.45, 2.75) is 32.6 Å². The van der Waals surface area contributed by atoms with Gasteiger partial charge in [0.2, 0.25) is 0 Å². The first-order chi connectivity index (χ1) is 7.42. The molecule has 1 aromatic heterocycles. The van der Waals surface area contributed by atoms with Gasteiger partial charge < -0.3 is 5.32 Å². The molecule has 0 aliphatic rings. The molecule has 0 atom stereocenters. The van der Waals surface area contributed by atoms with Gasteiger partial charge in [0.25, 0.3) is 5.91 Å². The van der Waals surface area contributed by atoms with Crippen molar-refractivity contribution in [2.24, 2.45) is 0 Å². The van der Waals surface area contributed by atoms with E-state index in [2.05, 4.69) is 31.1 Å². The van der Waals surface area contributed by atoms with E-state index in [-0.39, 0.29) is 11.3 Å². The molecule has 0 radical (unpaired) electrons. The number of amides is 1. The zero-order valence-corrected chi connectivity index (χ0v) is 10.9. The summed E-state index contributed by atoms with van der Waals surface area (Å²) >= 11 is 6.17. The van der Waals surface area contributed by atoms with Crippen LogP contribution in [0.1, 0.15) is 43.2 Å². The third-order valence-electron chi connectivity index (χ3n) is 2.93. The SMILES string of the molecule is CCC(C)(C)c1cnc(C(=O)NC)cc1Cl. The molecule has 0 aliphatic carbocycles. The Hall–Kier alpha value is -1.09. The minimum absolute atomic E-state index is 0.0225. The third-order valence-corrected chi connectivity index (χ3v) is 3.24. The number of carbonyl (C=O) groups excluding carboxylic acids is 1. The lowest BCUT2D eigenvalue weighted by atomic mass is 9.83. The van der Waals surface area contributed by atoms with Gasteiger partial charge in [0.05, 0.1) is 0 Å². The normalized spacial score (nSPS) is 11.3. The second-order valence-corrected chi connectivity index (χ2v) is 4.77. The average molecular weight is 241 g/mol. The molecule has 3 nitrogen and oxygen atoms in total. The van der Waals surface area contributed by atoms with Gasteiger partial charge in [-0.25, -0.2) is 0 Å². The van der Waals surface area contributed by atoms with Crippen molar-refractivity contribution >= 4 is 17.5 Å². The lowest BCUT2D eigenvalue weighted by Crippen LogP contribution is -2.21. The van der Waals surface area contributed by atoms with E-state index in [1.165, 1.54) is 0 Å². The van der Waals surface area contributed by atoms with Gasteiger partial charge in [-0.2, -0.15) is 0 Å². The van der Waals surface area contributed by atoms with Crippen LogP contribution in [0.4, 0.5) is 0 Å². The fraction of sp³-hybridized carbons (Fsp3) is 0.500. The first-order valence-corrected chi connectivity index (χ1v) is 5.68. The highest BCUT2D eigenvalue weighted by Gasteiger charge is 2.22. The van der Waals surface area contributed by atoms with E-state index in [1.807, 2.05) is 0 Å². The summed E-state index contributed by atoms with van der Waals surface area (Å²) in [5.41, 5.74) is 1.30. The first-order valence-electron chi connectivity index (χ1n) is 5.30. The lowest BCUT2D eigenvalue weighted by Gasteiger charge is -2.24. The Bertz CT molecular complexity index is 402. The number of hydrogen-bond donors (Lipinski definition) is 1. The predicted molar refractivity (Wildman–Crippen MR) is 66.0 cm³/mol. The summed E-state index contributed by atoms with van der Waals surface area (Å²) in [6.45, 7) is 6.31. The van der Waals surface area contributed by atoms with Crippen LogP contribution in [0.15, 0.2) is 12.3 Å². The van der Waals surface area contributed by atoms with Crippen LogP contribution in [-0.4, -0.2) is 17.9 Å². The monoisotopic (exact) mass is 240 g/mol. The zero-order chi connectivity index (χ0) is 12.3. The molecule has 1 aromatic rings. The van der Waals surface area contributed by atoms with Crippen molar-refractivity contribution in [1.29, 1.82) is 0 Å². The molecule has 0 aromatic carbocycles. The highest BCUT2D eigenvalue weighted by molar-refractivity contribution is 6.31. The van der Waals surface area contributed by atoms with Crippen molar-refractivity contribution in [2.75, 3.05) is 7.05 Å². The Morgan fingerprint density at radius 2 is 2.19 bits per heavy atom. The first kappa shape index (κ1) is 13.0. The maximum Gasteiger partial charge on any atom is 0.269 e. The highest BCUT2D eigenvalue weighted by Crippen LogP contribution is 2.32. The van der Waals surface area contributed by atoms with Crippen molar-refractivity contribution in [3.05, 3.63) is 28.5 Å². The number of aromatic nitrogens is 1. The quantitative estimate of drug-likeness (QED) is 0.883. The predicted octanol–water partition coefficient (Wildman–Crippen LogP) is 2.78. The smallest absolute Gasteiger partial charge is 0.269 e. The Balaban J connectivity index is 3.15. The van der Waals surface area contributed by atoms with Gasteiger partial charge >= 0.3 is 0 Å². The standard InChI is InChI=1S/C12H17ClN2O/c1-5-12(2,3)8-7-15-10(6-9(8)13)11(16)14-4/h6-7H,5H2,1-4H3,(H,14,16). The summed E-state index contributed by atoms with van der Waals surface area (Å²) in [5, 5.41) is 3.12. The molecule has 1 N–H and O–H groups in total. The molecule has 0 unspecified atom stereocenters. The molecular weight excluding hydrogens is 224 g/mol. The third kappa shape index (κ3) is 2.53. The van der Waals surface area contributed by atoms with Crippen LogP contribution < -0.4 is 5.32 Å². The van der Waals surface area contributed by atoms with Crippen LogP contribution in [-0.2, 0) is 5.41 Å². The van der Waals surface area contributed by atoms with E-state index in [4.69, 9.17) is 11.6 Å². The Morgan fingerprint density at radius 1 is 1.56 bits per heavy atom. The van der Waals surface area contributed by atoms with Gasteiger partial charge in [0.1, 0.15) is 5.69 Å². The number of carbonyl (C=O) groups is 1. The molecule has 0 fully saturated rings. The fourth-order valence-electron chi connectivity index (χ4n) is 1.37. The van der Waals surface area contributed by atoms with E-state index >= 15 is 0 Å². The van der Waals surface area contributed by atoms with Crippen LogP contribution in [0.3, 0.4) is 0 Å². The summed E-state index contributed by atoms with van der Waals surface area (Å²) in [4.78, 5) is 15.5. The van der Waals surface area contributed by atoms with E-state index in [0.29, 0.717) is 10.7 Å². The Morgan fingerprint density at radius 3 is 2.62 bits per heavy atom. The maximum atomic E-state index is 11.4. The Labute approximate surface area is 101 Å². The summed E-state index contributed by atoms with van der Waals surface area (Å²) in [6.07, 6.45) is 2.66. The molecule has 0 spiro atoms. The van der Waals surface area contributed by atoms with Crippen LogP contribution in [0, 0.1) is 0 Å². The van der Waals surface area contributed by atoms with Gasteiger partial charge in [0, 0.05) is 18.3 Å². The number of nitrogens with zero attached hydrogens (tertiary/aromatic N) is 1. The van der Waals surface area contributed by atoms with E-state index in [1.54, 1.807) is 19.3 Å². The Kier molecular flexibility index (Phi) is 3.92. The summed E-state index contributed by atoms with van der Waals surface area (Å²) in [7, 11) is 1.57. The molecule has 1 rings (SSSR count). The largest absolute Gasteiger partial charge is 0.354 e. The number of pyridine rings is 1. The molecule has 0 saturated carbocycles. The van der Waals surface area contributed by atoms with Gasteiger partial charge in [0.15, 0.2) is 0 Å². The molecule has 1 amide bonds. The number of rotatable bonds is 3. The topological polar surface area (TPSA) is 42.0 Å². The van der Waals surface area contributed by atoms with Gasteiger partial charge in [-0.05, 0) is 23.5 Å². The van der Waals surface area contributed by atoms with Crippen LogP contribution in [0.2, 0.25) is 5.02 Å². The van der Waals surface area contributed by atoms with E-state index in [9.17, 15) is 4.79 Å². The maximum absolute atomic E-state index is 11.4. The molecule has 16 heavy (non-hydrogen) atoms. The van der Waals surface area contributed by atoms with Gasteiger partial charge in [-0.1, -0.05) is 32.4 Å². The minimum atomic E-state index is -0.220.